The average molecular weight is 200 g/mol. The number of rotatable bonds is 5. The SMILES string of the molecule is CCOCC(=O)NCC1CCCCN1. The third-order valence-corrected chi connectivity index (χ3v) is 2.40. The van der Waals surface area contributed by atoms with E-state index in [-0.39, 0.29) is 12.5 Å². The maximum Gasteiger partial charge on any atom is 0.246 e. The van der Waals surface area contributed by atoms with Gasteiger partial charge in [0.15, 0.2) is 0 Å². The minimum Gasteiger partial charge on any atom is -0.372 e. The second-order valence-corrected chi connectivity index (χ2v) is 3.59. The number of carbonyl (C=O) groups excluding carboxylic acids is 1. The molecular weight excluding hydrogens is 180 g/mol. The Kier molecular flexibility index (Phi) is 5.56. The van der Waals surface area contributed by atoms with E-state index < -0.39 is 0 Å². The van der Waals surface area contributed by atoms with E-state index in [0.717, 1.165) is 19.5 Å². The number of hydrogen-bond acceptors (Lipinski definition) is 3. The van der Waals surface area contributed by atoms with Gasteiger partial charge in [-0.1, -0.05) is 6.42 Å². The Hall–Kier alpha value is -0.610. The topological polar surface area (TPSA) is 50.4 Å². The summed E-state index contributed by atoms with van der Waals surface area (Å²) in [6.07, 6.45) is 3.68. The van der Waals surface area contributed by atoms with Gasteiger partial charge in [0, 0.05) is 19.2 Å². The zero-order chi connectivity index (χ0) is 10.2. The first-order valence-electron chi connectivity index (χ1n) is 5.40. The van der Waals surface area contributed by atoms with Crippen molar-refractivity contribution in [1.82, 2.24) is 10.6 Å². The Morgan fingerprint density at radius 3 is 3.07 bits per heavy atom. The van der Waals surface area contributed by atoms with Crippen molar-refractivity contribution in [2.45, 2.75) is 32.2 Å². The van der Waals surface area contributed by atoms with Crippen molar-refractivity contribution in [3.63, 3.8) is 0 Å². The van der Waals surface area contributed by atoms with Crippen LogP contribution in [-0.4, -0.2) is 38.3 Å². The Bertz CT molecular complexity index is 168. The Labute approximate surface area is 85.4 Å². The molecule has 4 nitrogen and oxygen atoms in total. The summed E-state index contributed by atoms with van der Waals surface area (Å²) in [7, 11) is 0. The Balaban J connectivity index is 2.03. The standard InChI is InChI=1S/C10H20N2O2/c1-2-14-8-10(13)12-7-9-5-3-4-6-11-9/h9,11H,2-8H2,1H3,(H,12,13). The molecule has 0 aliphatic carbocycles. The molecule has 2 N–H and O–H groups in total. The van der Waals surface area contributed by atoms with Gasteiger partial charge in [-0.2, -0.15) is 0 Å². The lowest BCUT2D eigenvalue weighted by Crippen LogP contribution is -2.44. The molecule has 0 radical (unpaired) electrons. The zero-order valence-corrected chi connectivity index (χ0v) is 8.84. The molecule has 0 aromatic heterocycles. The highest BCUT2D eigenvalue weighted by atomic mass is 16.5. The minimum atomic E-state index is -0.0146. The highest BCUT2D eigenvalue weighted by molar-refractivity contribution is 5.77. The number of carbonyl (C=O) groups is 1. The van der Waals surface area contributed by atoms with E-state index in [1.165, 1.54) is 12.8 Å². The van der Waals surface area contributed by atoms with Gasteiger partial charge in [0.2, 0.25) is 5.91 Å². The molecule has 82 valence electrons. The summed E-state index contributed by atoms with van der Waals surface area (Å²) in [5, 5.41) is 6.24. The van der Waals surface area contributed by atoms with Gasteiger partial charge in [-0.05, 0) is 26.3 Å². The highest BCUT2D eigenvalue weighted by Crippen LogP contribution is 2.05. The third kappa shape index (κ3) is 4.58. The maximum atomic E-state index is 11.2. The van der Waals surface area contributed by atoms with Crippen molar-refractivity contribution in [2.75, 3.05) is 26.3 Å². The third-order valence-electron chi connectivity index (χ3n) is 2.40. The first kappa shape index (κ1) is 11.5. The van der Waals surface area contributed by atoms with Gasteiger partial charge >= 0.3 is 0 Å². The van der Waals surface area contributed by atoms with E-state index in [1.807, 2.05) is 6.92 Å². The Morgan fingerprint density at radius 2 is 2.43 bits per heavy atom. The van der Waals surface area contributed by atoms with E-state index in [2.05, 4.69) is 10.6 Å². The van der Waals surface area contributed by atoms with Gasteiger partial charge in [-0.15, -0.1) is 0 Å². The largest absolute Gasteiger partial charge is 0.372 e. The van der Waals surface area contributed by atoms with E-state index in [4.69, 9.17) is 4.74 Å². The van der Waals surface area contributed by atoms with Gasteiger partial charge in [0.05, 0.1) is 0 Å². The highest BCUT2D eigenvalue weighted by Gasteiger charge is 2.12. The summed E-state index contributed by atoms with van der Waals surface area (Å²) in [5.74, 6) is -0.0146. The summed E-state index contributed by atoms with van der Waals surface area (Å²) < 4.78 is 5.00. The molecule has 0 aromatic carbocycles. The van der Waals surface area contributed by atoms with E-state index >= 15 is 0 Å². The molecule has 1 saturated heterocycles. The molecule has 4 heteroatoms. The van der Waals surface area contributed by atoms with E-state index in [0.29, 0.717) is 12.6 Å². The minimum absolute atomic E-state index is 0.0146. The van der Waals surface area contributed by atoms with Crippen molar-refractivity contribution in [2.24, 2.45) is 0 Å². The lowest BCUT2D eigenvalue weighted by molar-refractivity contribution is -0.125. The first-order valence-corrected chi connectivity index (χ1v) is 5.40. The van der Waals surface area contributed by atoms with E-state index in [9.17, 15) is 4.79 Å². The molecule has 0 bridgehead atoms. The van der Waals surface area contributed by atoms with Crippen LogP contribution in [0.2, 0.25) is 0 Å². The molecule has 1 unspecified atom stereocenters. The quantitative estimate of drug-likeness (QED) is 0.670. The molecule has 1 atom stereocenters. The number of amides is 1. The van der Waals surface area contributed by atoms with Crippen molar-refractivity contribution >= 4 is 5.91 Å². The van der Waals surface area contributed by atoms with Crippen LogP contribution >= 0.6 is 0 Å². The number of hydrogen-bond donors (Lipinski definition) is 2. The van der Waals surface area contributed by atoms with Gasteiger partial charge in [-0.25, -0.2) is 0 Å². The number of nitrogens with one attached hydrogen (secondary N) is 2. The molecule has 0 aromatic rings. The molecule has 0 spiro atoms. The zero-order valence-electron chi connectivity index (χ0n) is 8.84. The summed E-state index contributed by atoms with van der Waals surface area (Å²) in [6, 6.07) is 0.453. The molecule has 1 fully saturated rings. The second-order valence-electron chi connectivity index (χ2n) is 3.59. The molecular formula is C10H20N2O2. The number of piperidine rings is 1. The fraction of sp³-hybridized carbons (Fsp3) is 0.900. The van der Waals surface area contributed by atoms with Gasteiger partial charge in [0.1, 0.15) is 6.61 Å². The van der Waals surface area contributed by atoms with Crippen molar-refractivity contribution in [3.8, 4) is 0 Å². The summed E-state index contributed by atoms with van der Waals surface area (Å²) in [5.41, 5.74) is 0. The fourth-order valence-electron chi connectivity index (χ4n) is 1.58. The van der Waals surface area contributed by atoms with Crippen LogP contribution in [0.3, 0.4) is 0 Å². The van der Waals surface area contributed by atoms with Gasteiger partial charge in [-0.3, -0.25) is 4.79 Å². The van der Waals surface area contributed by atoms with Crippen LogP contribution in [0.5, 0.6) is 0 Å². The van der Waals surface area contributed by atoms with Gasteiger partial charge < -0.3 is 15.4 Å². The first-order chi connectivity index (χ1) is 6.83. The normalized spacial score (nSPS) is 21.9. The smallest absolute Gasteiger partial charge is 0.246 e. The molecule has 1 aliphatic heterocycles. The van der Waals surface area contributed by atoms with Crippen molar-refractivity contribution in [1.29, 1.82) is 0 Å². The molecule has 1 amide bonds. The summed E-state index contributed by atoms with van der Waals surface area (Å²) >= 11 is 0. The van der Waals surface area contributed by atoms with Crippen LogP contribution in [0.1, 0.15) is 26.2 Å². The van der Waals surface area contributed by atoms with Crippen molar-refractivity contribution < 1.29 is 9.53 Å². The van der Waals surface area contributed by atoms with Crippen LogP contribution in [0.25, 0.3) is 0 Å². The molecule has 1 rings (SSSR count). The monoisotopic (exact) mass is 200 g/mol. The molecule has 1 heterocycles. The lowest BCUT2D eigenvalue weighted by Gasteiger charge is -2.23. The van der Waals surface area contributed by atoms with Crippen LogP contribution in [0, 0.1) is 0 Å². The molecule has 1 aliphatic rings. The Morgan fingerprint density at radius 1 is 1.57 bits per heavy atom. The number of ether oxygens (including phenoxy) is 1. The maximum absolute atomic E-state index is 11.2. The van der Waals surface area contributed by atoms with E-state index in [1.54, 1.807) is 0 Å². The summed E-state index contributed by atoms with van der Waals surface area (Å²) in [4.78, 5) is 11.2. The second kappa shape index (κ2) is 6.79. The average Bonchev–Trinajstić information content (AvgIpc) is 2.25. The van der Waals surface area contributed by atoms with Crippen LogP contribution in [0.15, 0.2) is 0 Å². The molecule has 14 heavy (non-hydrogen) atoms. The van der Waals surface area contributed by atoms with Crippen LogP contribution in [0.4, 0.5) is 0 Å². The van der Waals surface area contributed by atoms with Crippen molar-refractivity contribution in [3.05, 3.63) is 0 Å². The predicted molar refractivity (Wildman–Crippen MR) is 55.1 cm³/mol. The molecule has 0 saturated carbocycles. The van der Waals surface area contributed by atoms with Crippen LogP contribution < -0.4 is 10.6 Å². The predicted octanol–water partition coefficient (Wildman–Crippen LogP) is 0.281. The lowest BCUT2D eigenvalue weighted by atomic mass is 10.1. The van der Waals surface area contributed by atoms with Crippen LogP contribution in [-0.2, 0) is 9.53 Å². The van der Waals surface area contributed by atoms with Gasteiger partial charge in [0.25, 0.3) is 0 Å². The summed E-state index contributed by atoms with van der Waals surface area (Å²) in [6.45, 7) is 4.46. The fourth-order valence-corrected chi connectivity index (χ4v) is 1.58.